The van der Waals surface area contributed by atoms with Gasteiger partial charge in [0.2, 0.25) is 11.0 Å². The Hall–Kier alpha value is -0.430. The van der Waals surface area contributed by atoms with Crippen LogP contribution in [0.25, 0.3) is 0 Å². The quantitative estimate of drug-likeness (QED) is 0.307. The van der Waals surface area contributed by atoms with Crippen molar-refractivity contribution in [3.63, 3.8) is 0 Å². The lowest BCUT2D eigenvalue weighted by molar-refractivity contribution is -0.124. The van der Waals surface area contributed by atoms with Gasteiger partial charge in [-0.3, -0.25) is 9.59 Å². The van der Waals surface area contributed by atoms with Gasteiger partial charge in [0.05, 0.1) is 13.2 Å². The van der Waals surface area contributed by atoms with Crippen LogP contribution in [-0.2, 0) is 9.59 Å². The van der Waals surface area contributed by atoms with Crippen LogP contribution >= 0.6 is 8.15 Å². The molecule has 0 rings (SSSR count). The van der Waals surface area contributed by atoms with Gasteiger partial charge in [0.1, 0.15) is 12.2 Å². The first kappa shape index (κ1) is 13.6. The summed E-state index contributed by atoms with van der Waals surface area (Å²) in [6, 6.07) is 0. The molecule has 7 nitrogen and oxygen atoms in total. The molecule has 0 saturated heterocycles. The third kappa shape index (κ3) is 3.38. The normalized spacial score (nSPS) is 17.2. The van der Waals surface area contributed by atoms with Gasteiger partial charge in [-0.25, -0.2) is 0 Å². The fourth-order valence-corrected chi connectivity index (χ4v) is 1.49. The van der Waals surface area contributed by atoms with E-state index >= 15 is 0 Å². The Bertz CT molecular complexity index is 196. The van der Waals surface area contributed by atoms with Gasteiger partial charge >= 0.3 is 0 Å². The number of hydrogen-bond donors (Lipinski definition) is 5. The third-order valence-electron chi connectivity index (χ3n) is 1.33. The minimum atomic E-state index is -2.89. The first-order chi connectivity index (χ1) is 6.45. The van der Waals surface area contributed by atoms with E-state index in [1.165, 1.54) is 0 Å². The molecular formula is C6H11O7P. The molecule has 82 valence electrons. The van der Waals surface area contributed by atoms with Crippen molar-refractivity contribution in [2.24, 2.45) is 0 Å². The first-order valence-electron chi connectivity index (χ1n) is 3.60. The summed E-state index contributed by atoms with van der Waals surface area (Å²) in [5, 5.41) is 34.2. The molecule has 0 aromatic heterocycles. The smallest absolute Gasteiger partial charge is 0.219 e. The van der Waals surface area contributed by atoms with Crippen LogP contribution in [0.3, 0.4) is 0 Å². The van der Waals surface area contributed by atoms with E-state index in [0.29, 0.717) is 0 Å². The van der Waals surface area contributed by atoms with Gasteiger partial charge in [-0.15, -0.1) is 0 Å². The molecule has 0 heterocycles. The maximum Gasteiger partial charge on any atom is 0.219 e. The number of carbonyl (C=O) groups is 2. The molecule has 0 aromatic carbocycles. The van der Waals surface area contributed by atoms with E-state index < -0.39 is 44.6 Å². The van der Waals surface area contributed by atoms with Gasteiger partial charge in [-0.2, -0.15) is 0 Å². The average Bonchev–Trinajstić information content (AvgIpc) is 2.23. The standard InChI is InChI=1S/C6H11O7P/c7-1-3(9)5(11)14(13)6(12)4(10)2-8/h3-4,7-10,13H,1-2H2. The van der Waals surface area contributed by atoms with Gasteiger partial charge in [-0.05, 0) is 0 Å². The molecule has 0 bridgehead atoms. The molecule has 14 heavy (non-hydrogen) atoms. The Morgan fingerprint density at radius 3 is 1.50 bits per heavy atom. The van der Waals surface area contributed by atoms with Gasteiger partial charge in [0.15, 0.2) is 8.15 Å². The molecule has 2 atom stereocenters. The molecule has 5 N–H and O–H groups in total. The van der Waals surface area contributed by atoms with Gasteiger partial charge in [0.25, 0.3) is 0 Å². The summed E-state index contributed by atoms with van der Waals surface area (Å²) in [5.41, 5.74) is -2.50. The summed E-state index contributed by atoms with van der Waals surface area (Å²) in [5.74, 6) is 0. The highest BCUT2D eigenvalue weighted by Crippen LogP contribution is 2.34. The molecule has 0 aliphatic heterocycles. The van der Waals surface area contributed by atoms with Crippen molar-refractivity contribution in [3.8, 4) is 0 Å². The molecule has 0 amide bonds. The molecule has 0 aromatic rings. The Morgan fingerprint density at radius 2 is 1.29 bits per heavy atom. The van der Waals surface area contributed by atoms with Crippen LogP contribution in [-0.4, -0.2) is 61.8 Å². The van der Waals surface area contributed by atoms with Crippen LogP contribution in [0, 0.1) is 0 Å². The predicted molar refractivity (Wildman–Crippen MR) is 45.3 cm³/mol. The Balaban J connectivity index is 4.39. The summed E-state index contributed by atoms with van der Waals surface area (Å²) >= 11 is 0. The molecule has 8 heteroatoms. The van der Waals surface area contributed by atoms with Crippen LogP contribution < -0.4 is 0 Å². The number of hydrogen-bond acceptors (Lipinski definition) is 7. The monoisotopic (exact) mass is 226 g/mol. The van der Waals surface area contributed by atoms with Crippen molar-refractivity contribution in [2.45, 2.75) is 12.2 Å². The van der Waals surface area contributed by atoms with Crippen LogP contribution in [0.15, 0.2) is 0 Å². The Kier molecular flexibility index (Phi) is 5.94. The molecule has 0 aliphatic rings. The van der Waals surface area contributed by atoms with E-state index in [1.807, 2.05) is 0 Å². The molecule has 0 radical (unpaired) electrons. The zero-order valence-electron chi connectivity index (χ0n) is 7.07. The van der Waals surface area contributed by atoms with Crippen LogP contribution in [0.2, 0.25) is 0 Å². The predicted octanol–water partition coefficient (Wildman–Crippen LogP) is -2.86. The van der Waals surface area contributed by atoms with Crippen molar-refractivity contribution in [2.75, 3.05) is 13.2 Å². The largest absolute Gasteiger partial charge is 0.393 e. The summed E-state index contributed by atoms with van der Waals surface area (Å²) in [6.07, 6.45) is -3.69. The van der Waals surface area contributed by atoms with Gasteiger partial charge < -0.3 is 25.3 Å². The highest BCUT2D eigenvalue weighted by molar-refractivity contribution is 7.84. The zero-order chi connectivity index (χ0) is 11.3. The van der Waals surface area contributed by atoms with E-state index in [9.17, 15) is 9.59 Å². The molecule has 0 aliphatic carbocycles. The number of aliphatic hydroxyl groups is 4. The SMILES string of the molecule is O=C(C(O)CO)P(O)C(=O)C(O)CO. The highest BCUT2D eigenvalue weighted by Gasteiger charge is 2.33. The minimum Gasteiger partial charge on any atom is -0.393 e. The van der Waals surface area contributed by atoms with E-state index in [4.69, 9.17) is 25.3 Å². The Labute approximate surface area is 80.4 Å². The summed E-state index contributed by atoms with van der Waals surface area (Å²) in [4.78, 5) is 30.8. The molecule has 0 fully saturated rings. The molecule has 0 spiro atoms. The van der Waals surface area contributed by atoms with Crippen molar-refractivity contribution >= 4 is 19.2 Å². The zero-order valence-corrected chi connectivity index (χ0v) is 7.96. The number of aliphatic hydroxyl groups excluding tert-OH is 4. The van der Waals surface area contributed by atoms with Crippen molar-refractivity contribution in [1.29, 1.82) is 0 Å². The lowest BCUT2D eigenvalue weighted by Crippen LogP contribution is -2.30. The lowest BCUT2D eigenvalue weighted by atomic mass is 10.4. The second-order valence-electron chi connectivity index (χ2n) is 2.39. The van der Waals surface area contributed by atoms with Crippen LogP contribution in [0.1, 0.15) is 0 Å². The van der Waals surface area contributed by atoms with Crippen LogP contribution in [0.4, 0.5) is 0 Å². The second-order valence-corrected chi connectivity index (χ2v) is 3.89. The first-order valence-corrected chi connectivity index (χ1v) is 4.89. The van der Waals surface area contributed by atoms with E-state index in [-0.39, 0.29) is 0 Å². The van der Waals surface area contributed by atoms with Crippen molar-refractivity contribution < 1.29 is 34.9 Å². The number of rotatable bonds is 6. The summed E-state index contributed by atoms with van der Waals surface area (Å²) in [7, 11) is -2.89. The maximum absolute atomic E-state index is 10.9. The topological polar surface area (TPSA) is 135 Å². The van der Waals surface area contributed by atoms with Crippen LogP contribution in [0.5, 0.6) is 0 Å². The lowest BCUT2D eigenvalue weighted by Gasteiger charge is -2.13. The van der Waals surface area contributed by atoms with E-state index in [2.05, 4.69) is 0 Å². The third-order valence-corrected chi connectivity index (χ3v) is 2.76. The van der Waals surface area contributed by atoms with E-state index in [1.54, 1.807) is 0 Å². The molecule has 0 saturated carbocycles. The molecule has 2 unspecified atom stereocenters. The number of carbonyl (C=O) groups excluding carboxylic acids is 2. The van der Waals surface area contributed by atoms with Crippen molar-refractivity contribution in [1.82, 2.24) is 0 Å². The summed E-state index contributed by atoms with van der Waals surface area (Å²) < 4.78 is 0. The maximum atomic E-state index is 10.9. The van der Waals surface area contributed by atoms with Crippen molar-refractivity contribution in [3.05, 3.63) is 0 Å². The Morgan fingerprint density at radius 1 is 1.00 bits per heavy atom. The van der Waals surface area contributed by atoms with Gasteiger partial charge in [0, 0.05) is 0 Å². The minimum absolute atomic E-state index is 0.916. The van der Waals surface area contributed by atoms with Gasteiger partial charge in [-0.1, -0.05) is 0 Å². The second kappa shape index (κ2) is 6.13. The highest BCUT2D eigenvalue weighted by atomic mass is 31.1. The average molecular weight is 226 g/mol. The fourth-order valence-electron chi connectivity index (χ4n) is 0.547. The molecular weight excluding hydrogens is 215 g/mol. The summed E-state index contributed by atoms with van der Waals surface area (Å²) in [6.45, 7) is -1.83. The van der Waals surface area contributed by atoms with E-state index in [0.717, 1.165) is 0 Å². The fraction of sp³-hybridized carbons (Fsp3) is 0.667.